The lowest BCUT2D eigenvalue weighted by Gasteiger charge is -2.19. The summed E-state index contributed by atoms with van der Waals surface area (Å²) in [6.45, 7) is 12.8. The highest BCUT2D eigenvalue weighted by Crippen LogP contribution is 2.31. The van der Waals surface area contributed by atoms with Gasteiger partial charge in [0.05, 0.1) is 5.52 Å². The molecule has 0 radical (unpaired) electrons. The van der Waals surface area contributed by atoms with Crippen LogP contribution in [-0.2, 0) is 18.5 Å². The third-order valence-corrected chi connectivity index (χ3v) is 6.01. The molecule has 4 heteroatoms. The predicted molar refractivity (Wildman–Crippen MR) is 134 cm³/mol. The molecule has 0 amide bonds. The van der Waals surface area contributed by atoms with Crippen LogP contribution in [0.4, 0.5) is 5.82 Å². The standard InChI is InChI=1S/C27H31N3.ClH/c1-19-20(2)30(18-22-11-13-23(14-12-22)27(3,4)5)25-24(19)15-16-28-26(25)29-17-21-9-7-6-8-10-21;/h6-16H,17-18H2,1-5H3,(H,28,29);1H. The Balaban J connectivity index is 0.00000272. The summed E-state index contributed by atoms with van der Waals surface area (Å²) in [6, 6.07) is 21.6. The fourth-order valence-corrected chi connectivity index (χ4v) is 4.00. The molecule has 0 aliphatic heterocycles. The first-order valence-electron chi connectivity index (χ1n) is 10.7. The second kappa shape index (κ2) is 9.15. The van der Waals surface area contributed by atoms with Crippen LogP contribution in [0, 0.1) is 13.8 Å². The Morgan fingerprint density at radius 2 is 1.55 bits per heavy atom. The lowest BCUT2D eigenvalue weighted by Crippen LogP contribution is -2.11. The Labute approximate surface area is 191 Å². The zero-order chi connectivity index (χ0) is 21.3. The van der Waals surface area contributed by atoms with Crippen LogP contribution in [0.15, 0.2) is 66.9 Å². The molecule has 31 heavy (non-hydrogen) atoms. The molecule has 0 saturated heterocycles. The Kier molecular flexibility index (Phi) is 6.76. The van der Waals surface area contributed by atoms with Crippen molar-refractivity contribution in [1.29, 1.82) is 0 Å². The van der Waals surface area contributed by atoms with E-state index in [-0.39, 0.29) is 17.8 Å². The third-order valence-electron chi connectivity index (χ3n) is 6.01. The normalized spacial score (nSPS) is 11.4. The van der Waals surface area contributed by atoms with Gasteiger partial charge in [-0.15, -0.1) is 12.4 Å². The minimum Gasteiger partial charge on any atom is -0.364 e. The van der Waals surface area contributed by atoms with Crippen LogP contribution in [0.5, 0.6) is 0 Å². The molecule has 4 rings (SSSR count). The van der Waals surface area contributed by atoms with E-state index in [1.807, 2.05) is 12.3 Å². The first kappa shape index (κ1) is 22.9. The van der Waals surface area contributed by atoms with Gasteiger partial charge in [0.2, 0.25) is 0 Å². The summed E-state index contributed by atoms with van der Waals surface area (Å²) in [7, 11) is 0. The zero-order valence-electron chi connectivity index (χ0n) is 19.1. The van der Waals surface area contributed by atoms with E-state index in [2.05, 4.69) is 99.1 Å². The van der Waals surface area contributed by atoms with E-state index < -0.39 is 0 Å². The Morgan fingerprint density at radius 3 is 2.19 bits per heavy atom. The Hall–Kier alpha value is -2.78. The van der Waals surface area contributed by atoms with Crippen LogP contribution >= 0.6 is 12.4 Å². The average molecular weight is 434 g/mol. The van der Waals surface area contributed by atoms with Crippen LogP contribution in [0.3, 0.4) is 0 Å². The second-order valence-corrected chi connectivity index (χ2v) is 9.14. The van der Waals surface area contributed by atoms with Crippen molar-refractivity contribution in [3.05, 3.63) is 94.8 Å². The quantitative estimate of drug-likeness (QED) is 0.366. The van der Waals surface area contributed by atoms with E-state index in [0.29, 0.717) is 0 Å². The molecular formula is C27H32ClN3. The predicted octanol–water partition coefficient (Wildman–Crippen LogP) is 7.03. The summed E-state index contributed by atoms with van der Waals surface area (Å²) in [5.74, 6) is 0.943. The van der Waals surface area contributed by atoms with Gasteiger partial charge in [0, 0.05) is 30.4 Å². The minimum absolute atomic E-state index is 0. The van der Waals surface area contributed by atoms with Crippen LogP contribution in [-0.4, -0.2) is 9.55 Å². The van der Waals surface area contributed by atoms with Crippen molar-refractivity contribution in [3.8, 4) is 0 Å². The average Bonchev–Trinajstić information content (AvgIpc) is 2.98. The number of aromatic nitrogens is 2. The van der Waals surface area contributed by atoms with Crippen LogP contribution < -0.4 is 5.32 Å². The summed E-state index contributed by atoms with van der Waals surface area (Å²) in [5, 5.41) is 4.84. The minimum atomic E-state index is 0. The van der Waals surface area contributed by atoms with E-state index in [4.69, 9.17) is 4.98 Å². The van der Waals surface area contributed by atoms with Crippen molar-refractivity contribution >= 4 is 29.1 Å². The number of nitrogens with zero attached hydrogens (tertiary/aromatic N) is 2. The second-order valence-electron chi connectivity index (χ2n) is 9.14. The maximum Gasteiger partial charge on any atom is 0.150 e. The molecule has 162 valence electrons. The van der Waals surface area contributed by atoms with E-state index >= 15 is 0 Å². The molecule has 0 unspecified atom stereocenters. The van der Waals surface area contributed by atoms with E-state index in [9.17, 15) is 0 Å². The number of fused-ring (bicyclic) bond motifs is 1. The van der Waals surface area contributed by atoms with Crippen molar-refractivity contribution in [2.24, 2.45) is 0 Å². The molecule has 0 bridgehead atoms. The van der Waals surface area contributed by atoms with Gasteiger partial charge in [-0.2, -0.15) is 0 Å². The molecule has 2 heterocycles. The van der Waals surface area contributed by atoms with E-state index in [1.165, 1.54) is 38.9 Å². The molecule has 3 nitrogen and oxygen atoms in total. The third kappa shape index (κ3) is 4.77. The van der Waals surface area contributed by atoms with Gasteiger partial charge >= 0.3 is 0 Å². The maximum atomic E-state index is 4.69. The topological polar surface area (TPSA) is 29.9 Å². The van der Waals surface area contributed by atoms with Crippen LogP contribution in [0.2, 0.25) is 0 Å². The summed E-state index contributed by atoms with van der Waals surface area (Å²) in [5.41, 5.74) is 7.89. The lowest BCUT2D eigenvalue weighted by atomic mass is 9.87. The van der Waals surface area contributed by atoms with Crippen molar-refractivity contribution in [2.45, 2.75) is 53.1 Å². The summed E-state index contributed by atoms with van der Waals surface area (Å²) in [6.07, 6.45) is 1.91. The van der Waals surface area contributed by atoms with Crippen molar-refractivity contribution in [1.82, 2.24) is 9.55 Å². The van der Waals surface area contributed by atoms with Gasteiger partial charge < -0.3 is 9.88 Å². The number of pyridine rings is 1. The zero-order valence-corrected chi connectivity index (χ0v) is 19.9. The molecule has 0 saturated carbocycles. The highest BCUT2D eigenvalue weighted by atomic mass is 35.5. The SMILES string of the molecule is Cc1c(C)n(Cc2ccc(C(C)(C)C)cc2)c2c(NCc3ccccc3)nccc12.Cl. The highest BCUT2D eigenvalue weighted by molar-refractivity contribution is 5.93. The molecule has 0 aliphatic carbocycles. The first-order valence-corrected chi connectivity index (χ1v) is 10.7. The summed E-state index contributed by atoms with van der Waals surface area (Å²) >= 11 is 0. The van der Waals surface area contributed by atoms with E-state index in [0.717, 1.165) is 18.9 Å². The number of hydrogen-bond acceptors (Lipinski definition) is 2. The largest absolute Gasteiger partial charge is 0.364 e. The van der Waals surface area contributed by atoms with E-state index in [1.54, 1.807) is 0 Å². The van der Waals surface area contributed by atoms with Gasteiger partial charge in [0.15, 0.2) is 5.82 Å². The van der Waals surface area contributed by atoms with Crippen molar-refractivity contribution in [2.75, 3.05) is 5.32 Å². The Morgan fingerprint density at radius 1 is 0.871 bits per heavy atom. The molecule has 2 aromatic heterocycles. The monoisotopic (exact) mass is 433 g/mol. The number of halogens is 1. The smallest absolute Gasteiger partial charge is 0.150 e. The fourth-order valence-electron chi connectivity index (χ4n) is 4.00. The number of hydrogen-bond donors (Lipinski definition) is 1. The van der Waals surface area contributed by atoms with Crippen molar-refractivity contribution < 1.29 is 0 Å². The van der Waals surface area contributed by atoms with Gasteiger partial charge in [0.1, 0.15) is 0 Å². The van der Waals surface area contributed by atoms with Gasteiger partial charge in [-0.3, -0.25) is 0 Å². The number of benzene rings is 2. The Bertz CT molecular complexity index is 1150. The molecule has 0 aliphatic rings. The van der Waals surface area contributed by atoms with Crippen LogP contribution in [0.1, 0.15) is 48.7 Å². The van der Waals surface area contributed by atoms with Gasteiger partial charge in [0.25, 0.3) is 0 Å². The number of nitrogens with one attached hydrogen (secondary N) is 1. The fraction of sp³-hybridized carbons (Fsp3) is 0.296. The highest BCUT2D eigenvalue weighted by Gasteiger charge is 2.17. The summed E-state index contributed by atoms with van der Waals surface area (Å²) < 4.78 is 2.40. The maximum absolute atomic E-state index is 4.69. The van der Waals surface area contributed by atoms with Gasteiger partial charge in [-0.25, -0.2) is 4.98 Å². The van der Waals surface area contributed by atoms with Gasteiger partial charge in [-0.1, -0.05) is 75.4 Å². The molecule has 0 fully saturated rings. The number of anilines is 1. The molecular weight excluding hydrogens is 402 g/mol. The molecule has 4 aromatic rings. The first-order chi connectivity index (χ1) is 14.3. The van der Waals surface area contributed by atoms with Crippen molar-refractivity contribution in [3.63, 3.8) is 0 Å². The lowest BCUT2D eigenvalue weighted by molar-refractivity contribution is 0.590. The molecule has 0 spiro atoms. The number of aryl methyl sites for hydroxylation is 1. The molecule has 0 atom stereocenters. The summed E-state index contributed by atoms with van der Waals surface area (Å²) in [4.78, 5) is 4.69. The van der Waals surface area contributed by atoms with Crippen LogP contribution in [0.25, 0.3) is 10.9 Å². The van der Waals surface area contributed by atoms with Gasteiger partial charge in [-0.05, 0) is 47.6 Å². The molecule has 1 N–H and O–H groups in total. The number of rotatable bonds is 5. The molecule has 2 aromatic carbocycles.